The molecule has 0 amide bonds. The van der Waals surface area contributed by atoms with Gasteiger partial charge in [-0.2, -0.15) is 5.10 Å². The predicted octanol–water partition coefficient (Wildman–Crippen LogP) is -0.136. The zero-order valence-corrected chi connectivity index (χ0v) is 10.6. The van der Waals surface area contributed by atoms with Crippen LogP contribution in [0.5, 0.6) is 0 Å². The van der Waals surface area contributed by atoms with E-state index in [1.165, 1.54) is 0 Å². The summed E-state index contributed by atoms with van der Waals surface area (Å²) < 4.78 is 5.18. The van der Waals surface area contributed by atoms with E-state index in [9.17, 15) is 4.79 Å². The first-order valence-electron chi connectivity index (χ1n) is 6.48. The highest BCUT2D eigenvalue weighted by Crippen LogP contribution is 2.42. The molecular weight excluding hydrogens is 246 g/mol. The topological polar surface area (TPSA) is 87.2 Å². The molecule has 1 saturated heterocycles. The SMILES string of the molecule is O=C(OCCO)C12CNCCC1=Cc1[nH]ncc1C2. The predicted molar refractivity (Wildman–Crippen MR) is 68.2 cm³/mol. The zero-order valence-electron chi connectivity index (χ0n) is 10.6. The molecule has 2 heterocycles. The minimum absolute atomic E-state index is 0.0477. The van der Waals surface area contributed by atoms with Crippen molar-refractivity contribution in [1.82, 2.24) is 15.5 Å². The van der Waals surface area contributed by atoms with Crippen molar-refractivity contribution < 1.29 is 14.6 Å². The first kappa shape index (κ1) is 12.4. The molecule has 0 aromatic carbocycles. The van der Waals surface area contributed by atoms with Gasteiger partial charge in [-0.25, -0.2) is 0 Å². The molecule has 1 aromatic heterocycles. The van der Waals surface area contributed by atoms with E-state index in [2.05, 4.69) is 15.5 Å². The van der Waals surface area contributed by atoms with Crippen LogP contribution in [-0.4, -0.2) is 47.6 Å². The molecule has 102 valence electrons. The van der Waals surface area contributed by atoms with Gasteiger partial charge in [-0.15, -0.1) is 0 Å². The van der Waals surface area contributed by atoms with Crippen LogP contribution in [0.1, 0.15) is 17.7 Å². The van der Waals surface area contributed by atoms with Crippen molar-refractivity contribution in [2.75, 3.05) is 26.3 Å². The molecule has 1 fully saturated rings. The van der Waals surface area contributed by atoms with Crippen molar-refractivity contribution in [2.24, 2.45) is 5.41 Å². The number of nitrogens with zero attached hydrogens (tertiary/aromatic N) is 1. The molecule has 0 spiro atoms. The fraction of sp³-hybridized carbons (Fsp3) is 0.538. The Hall–Kier alpha value is -1.66. The quantitative estimate of drug-likeness (QED) is 0.661. The second-order valence-corrected chi connectivity index (χ2v) is 5.02. The number of carbonyl (C=O) groups is 1. The van der Waals surface area contributed by atoms with E-state index in [0.717, 1.165) is 29.8 Å². The van der Waals surface area contributed by atoms with Crippen molar-refractivity contribution in [3.8, 4) is 0 Å². The highest BCUT2D eigenvalue weighted by Gasteiger charge is 2.47. The third-order valence-corrected chi connectivity index (χ3v) is 3.89. The molecule has 1 unspecified atom stereocenters. The van der Waals surface area contributed by atoms with Crippen LogP contribution in [0.2, 0.25) is 0 Å². The van der Waals surface area contributed by atoms with Gasteiger partial charge in [0.1, 0.15) is 12.0 Å². The Labute approximate surface area is 110 Å². The Morgan fingerprint density at radius 2 is 2.47 bits per heavy atom. The Bertz CT molecular complexity index is 523. The first-order valence-corrected chi connectivity index (χ1v) is 6.48. The van der Waals surface area contributed by atoms with Crippen molar-refractivity contribution in [3.63, 3.8) is 0 Å². The number of carbonyl (C=O) groups excluding carboxylic acids is 1. The summed E-state index contributed by atoms with van der Waals surface area (Å²) in [6.07, 6.45) is 5.21. The summed E-state index contributed by atoms with van der Waals surface area (Å²) in [4.78, 5) is 12.4. The Morgan fingerprint density at radius 1 is 1.58 bits per heavy atom. The van der Waals surface area contributed by atoms with Gasteiger partial charge in [-0.05, 0) is 36.6 Å². The van der Waals surface area contributed by atoms with Gasteiger partial charge in [-0.1, -0.05) is 0 Å². The number of aromatic nitrogens is 2. The van der Waals surface area contributed by atoms with Gasteiger partial charge < -0.3 is 15.2 Å². The third-order valence-electron chi connectivity index (χ3n) is 3.89. The number of nitrogens with one attached hydrogen (secondary N) is 2. The number of aromatic amines is 1. The third kappa shape index (κ3) is 1.97. The summed E-state index contributed by atoms with van der Waals surface area (Å²) in [7, 11) is 0. The van der Waals surface area contributed by atoms with Crippen LogP contribution < -0.4 is 5.32 Å². The highest BCUT2D eigenvalue weighted by atomic mass is 16.5. The number of hydrogen-bond donors (Lipinski definition) is 3. The summed E-state index contributed by atoms with van der Waals surface area (Å²) in [5.41, 5.74) is 2.48. The summed E-state index contributed by atoms with van der Waals surface area (Å²) in [6.45, 7) is 1.34. The smallest absolute Gasteiger partial charge is 0.317 e. The van der Waals surface area contributed by atoms with E-state index >= 15 is 0 Å². The fourth-order valence-corrected chi connectivity index (χ4v) is 2.90. The number of esters is 1. The lowest BCUT2D eigenvalue weighted by atomic mass is 9.69. The van der Waals surface area contributed by atoms with Crippen molar-refractivity contribution in [1.29, 1.82) is 0 Å². The molecule has 19 heavy (non-hydrogen) atoms. The van der Waals surface area contributed by atoms with E-state index in [-0.39, 0.29) is 19.2 Å². The number of fused-ring (bicyclic) bond motifs is 2. The van der Waals surface area contributed by atoms with Crippen LogP contribution in [0.25, 0.3) is 6.08 Å². The average molecular weight is 263 g/mol. The highest BCUT2D eigenvalue weighted by molar-refractivity contribution is 5.85. The summed E-state index contributed by atoms with van der Waals surface area (Å²) in [6, 6.07) is 0. The average Bonchev–Trinajstić information content (AvgIpc) is 2.88. The summed E-state index contributed by atoms with van der Waals surface area (Å²) in [5.74, 6) is -0.258. The van der Waals surface area contributed by atoms with Crippen LogP contribution in [-0.2, 0) is 16.0 Å². The van der Waals surface area contributed by atoms with Gasteiger partial charge >= 0.3 is 5.97 Å². The van der Waals surface area contributed by atoms with Gasteiger partial charge in [0.15, 0.2) is 0 Å². The number of rotatable bonds is 3. The lowest BCUT2D eigenvalue weighted by Crippen LogP contribution is -2.50. The van der Waals surface area contributed by atoms with Crippen molar-refractivity contribution in [2.45, 2.75) is 12.8 Å². The molecule has 0 radical (unpaired) electrons. The largest absolute Gasteiger partial charge is 0.463 e. The van der Waals surface area contributed by atoms with Crippen LogP contribution >= 0.6 is 0 Å². The van der Waals surface area contributed by atoms with E-state index in [4.69, 9.17) is 9.84 Å². The number of ether oxygens (including phenoxy) is 1. The van der Waals surface area contributed by atoms with E-state index in [1.54, 1.807) is 6.20 Å². The van der Waals surface area contributed by atoms with E-state index in [1.807, 2.05) is 6.08 Å². The Balaban J connectivity index is 1.95. The molecule has 3 rings (SSSR count). The lowest BCUT2D eigenvalue weighted by Gasteiger charge is -2.39. The van der Waals surface area contributed by atoms with Crippen LogP contribution in [0.4, 0.5) is 0 Å². The number of aliphatic hydroxyl groups excluding tert-OH is 1. The standard InChI is InChI=1S/C13H17N3O3/c17-3-4-19-12(18)13-6-9-7-15-16-11(9)5-10(13)1-2-14-8-13/h5,7,14,17H,1-4,6,8H2,(H,15,16). The normalized spacial score (nSPS) is 25.2. The molecular formula is C13H17N3O3. The monoisotopic (exact) mass is 263 g/mol. The molecule has 3 N–H and O–H groups in total. The zero-order chi connectivity index (χ0) is 13.3. The molecule has 2 aliphatic rings. The first-order chi connectivity index (χ1) is 9.26. The van der Waals surface area contributed by atoms with Crippen LogP contribution in [0.15, 0.2) is 11.8 Å². The second-order valence-electron chi connectivity index (χ2n) is 5.02. The van der Waals surface area contributed by atoms with Gasteiger partial charge in [0.25, 0.3) is 0 Å². The molecule has 1 atom stereocenters. The van der Waals surface area contributed by atoms with Crippen LogP contribution in [0.3, 0.4) is 0 Å². The summed E-state index contributed by atoms with van der Waals surface area (Å²) in [5, 5.41) is 19.1. The molecule has 6 nitrogen and oxygen atoms in total. The maximum absolute atomic E-state index is 12.4. The van der Waals surface area contributed by atoms with Crippen LogP contribution in [0, 0.1) is 5.41 Å². The molecule has 0 saturated carbocycles. The molecule has 1 aliphatic carbocycles. The molecule has 1 aliphatic heterocycles. The van der Waals surface area contributed by atoms with Gasteiger partial charge in [0, 0.05) is 6.54 Å². The minimum Gasteiger partial charge on any atom is -0.463 e. The van der Waals surface area contributed by atoms with Gasteiger partial charge in [0.2, 0.25) is 0 Å². The number of H-pyrrole nitrogens is 1. The lowest BCUT2D eigenvalue weighted by molar-refractivity contribution is -0.155. The van der Waals surface area contributed by atoms with Gasteiger partial charge in [-0.3, -0.25) is 9.89 Å². The fourth-order valence-electron chi connectivity index (χ4n) is 2.90. The minimum atomic E-state index is -0.635. The van der Waals surface area contributed by atoms with E-state index < -0.39 is 5.41 Å². The van der Waals surface area contributed by atoms with Gasteiger partial charge in [0.05, 0.1) is 18.5 Å². The molecule has 6 heteroatoms. The number of aliphatic hydroxyl groups is 1. The molecule has 1 aromatic rings. The maximum atomic E-state index is 12.4. The summed E-state index contributed by atoms with van der Waals surface area (Å²) >= 11 is 0. The molecule has 0 bridgehead atoms. The van der Waals surface area contributed by atoms with E-state index in [0.29, 0.717) is 13.0 Å². The number of hydrogen-bond acceptors (Lipinski definition) is 5. The Morgan fingerprint density at radius 3 is 3.32 bits per heavy atom. The second kappa shape index (κ2) is 4.79. The Kier molecular flexibility index (Phi) is 3.12. The van der Waals surface area contributed by atoms with Crippen molar-refractivity contribution in [3.05, 3.63) is 23.0 Å². The number of piperidine rings is 1. The van der Waals surface area contributed by atoms with Crippen molar-refractivity contribution >= 4 is 12.0 Å². The maximum Gasteiger partial charge on any atom is 0.317 e.